The first-order valence-corrected chi connectivity index (χ1v) is 11.4. The predicted molar refractivity (Wildman–Crippen MR) is 93.0 cm³/mol. The van der Waals surface area contributed by atoms with E-state index >= 15 is 0 Å². The Morgan fingerprint density at radius 1 is 1.14 bits per heavy atom. The number of thioether (sulfide) groups is 1. The maximum Gasteiger partial charge on any atom is 0.223 e. The second kappa shape index (κ2) is 8.57. The van der Waals surface area contributed by atoms with Crippen molar-refractivity contribution in [1.82, 2.24) is 4.90 Å². The van der Waals surface area contributed by atoms with Crippen LogP contribution in [0.3, 0.4) is 0 Å². The Bertz CT molecular complexity index is 458. The van der Waals surface area contributed by atoms with E-state index in [-0.39, 0.29) is 23.3 Å². The number of hydrogen-bond acceptors (Lipinski definition) is 4. The molecule has 1 saturated carbocycles. The largest absolute Gasteiger partial charge is 0.342 e. The van der Waals surface area contributed by atoms with Gasteiger partial charge in [0.2, 0.25) is 5.91 Å². The number of hydrogen-bond donors (Lipinski definition) is 0. The number of amides is 1. The summed E-state index contributed by atoms with van der Waals surface area (Å²) >= 11 is 1.92. The van der Waals surface area contributed by atoms with Crippen LogP contribution in [0.15, 0.2) is 0 Å². The molecule has 1 amide bonds. The summed E-state index contributed by atoms with van der Waals surface area (Å²) < 4.78 is 24.6. The average Bonchev–Trinajstić information content (AvgIpc) is 2.94. The van der Waals surface area contributed by atoms with Crippen LogP contribution in [0, 0.1) is 0 Å². The summed E-state index contributed by atoms with van der Waals surface area (Å²) in [5, 5.41) is 0.329. The van der Waals surface area contributed by atoms with Crippen molar-refractivity contribution >= 4 is 27.5 Å². The maximum absolute atomic E-state index is 12.4. The van der Waals surface area contributed by atoms with Gasteiger partial charge in [-0.05, 0) is 31.4 Å². The SMILES string of the molecule is CCS[C@H]1CCCCN(C(=O)CCS(=O)(=O)C2CCCC2)C1. The van der Waals surface area contributed by atoms with Crippen LogP contribution in [0.5, 0.6) is 0 Å². The van der Waals surface area contributed by atoms with E-state index in [2.05, 4.69) is 6.92 Å². The predicted octanol–water partition coefficient (Wildman–Crippen LogP) is 2.87. The minimum atomic E-state index is -3.08. The fraction of sp³-hybridized carbons (Fsp3) is 0.938. The zero-order chi connectivity index (χ0) is 16.0. The van der Waals surface area contributed by atoms with Gasteiger partial charge in [0, 0.05) is 24.8 Å². The van der Waals surface area contributed by atoms with Gasteiger partial charge >= 0.3 is 0 Å². The van der Waals surface area contributed by atoms with Gasteiger partial charge in [0.05, 0.1) is 11.0 Å². The number of nitrogens with zero attached hydrogens (tertiary/aromatic N) is 1. The molecular weight excluding hydrogens is 318 g/mol. The summed E-state index contributed by atoms with van der Waals surface area (Å²) in [6.45, 7) is 3.74. The van der Waals surface area contributed by atoms with Gasteiger partial charge in [0.1, 0.15) is 0 Å². The summed E-state index contributed by atoms with van der Waals surface area (Å²) in [6.07, 6.45) is 7.15. The summed E-state index contributed by atoms with van der Waals surface area (Å²) in [7, 11) is -3.08. The van der Waals surface area contributed by atoms with Gasteiger partial charge in [-0.3, -0.25) is 4.79 Å². The van der Waals surface area contributed by atoms with Crippen LogP contribution in [-0.4, -0.2) is 54.3 Å². The molecule has 1 aliphatic carbocycles. The highest BCUT2D eigenvalue weighted by molar-refractivity contribution is 7.99. The van der Waals surface area contributed by atoms with Gasteiger partial charge in [0.25, 0.3) is 0 Å². The highest BCUT2D eigenvalue weighted by atomic mass is 32.2. The van der Waals surface area contributed by atoms with E-state index in [0.29, 0.717) is 5.25 Å². The molecule has 1 saturated heterocycles. The molecule has 0 bridgehead atoms. The highest BCUT2D eigenvalue weighted by Crippen LogP contribution is 2.26. The van der Waals surface area contributed by atoms with Gasteiger partial charge < -0.3 is 4.90 Å². The fourth-order valence-electron chi connectivity index (χ4n) is 3.50. The molecule has 0 unspecified atom stereocenters. The lowest BCUT2D eigenvalue weighted by atomic mass is 10.2. The number of sulfone groups is 1. The average molecular weight is 348 g/mol. The topological polar surface area (TPSA) is 54.5 Å². The molecule has 2 fully saturated rings. The van der Waals surface area contributed by atoms with Crippen molar-refractivity contribution in [3.8, 4) is 0 Å². The van der Waals surface area contributed by atoms with E-state index in [1.54, 1.807) is 0 Å². The first kappa shape index (κ1) is 18.1. The van der Waals surface area contributed by atoms with Crippen molar-refractivity contribution < 1.29 is 13.2 Å². The number of likely N-dealkylation sites (tertiary alicyclic amines) is 1. The molecule has 0 spiro atoms. The van der Waals surface area contributed by atoms with E-state index in [4.69, 9.17) is 0 Å². The van der Waals surface area contributed by atoms with Crippen LogP contribution in [0.25, 0.3) is 0 Å². The molecule has 1 heterocycles. The van der Waals surface area contributed by atoms with Gasteiger partial charge in [0.15, 0.2) is 9.84 Å². The molecule has 2 aliphatic rings. The Morgan fingerprint density at radius 2 is 1.82 bits per heavy atom. The lowest BCUT2D eigenvalue weighted by Crippen LogP contribution is -2.37. The van der Waals surface area contributed by atoms with Crippen molar-refractivity contribution in [2.45, 2.75) is 68.8 Å². The minimum absolute atomic E-state index is 0.0326. The molecule has 22 heavy (non-hydrogen) atoms. The first-order chi connectivity index (χ1) is 10.5. The van der Waals surface area contributed by atoms with Gasteiger partial charge in [-0.1, -0.05) is 26.2 Å². The van der Waals surface area contributed by atoms with Crippen LogP contribution in [0.2, 0.25) is 0 Å². The number of rotatable bonds is 6. The molecule has 0 N–H and O–H groups in total. The van der Waals surface area contributed by atoms with E-state index in [0.717, 1.165) is 50.9 Å². The van der Waals surface area contributed by atoms with Crippen LogP contribution in [-0.2, 0) is 14.6 Å². The lowest BCUT2D eigenvalue weighted by Gasteiger charge is -2.24. The smallest absolute Gasteiger partial charge is 0.223 e. The fourth-order valence-corrected chi connectivity index (χ4v) is 6.44. The standard InChI is InChI=1S/C16H29NO3S2/c1-2-21-14-7-5-6-11-17(13-14)16(18)10-12-22(19,20)15-8-3-4-9-15/h14-15H,2-13H2,1H3/t14-/m0/s1. The van der Waals surface area contributed by atoms with E-state index < -0.39 is 9.84 Å². The Kier molecular flexibility index (Phi) is 7.06. The van der Waals surface area contributed by atoms with E-state index in [9.17, 15) is 13.2 Å². The van der Waals surface area contributed by atoms with Crippen molar-refractivity contribution in [2.75, 3.05) is 24.6 Å². The third kappa shape index (κ3) is 5.15. The molecule has 1 aliphatic heterocycles. The Hall–Kier alpha value is -0.230. The van der Waals surface area contributed by atoms with Crippen molar-refractivity contribution in [3.05, 3.63) is 0 Å². The molecule has 0 aromatic carbocycles. The van der Waals surface area contributed by atoms with Crippen LogP contribution < -0.4 is 0 Å². The molecule has 6 heteroatoms. The molecule has 0 aromatic rings. The monoisotopic (exact) mass is 347 g/mol. The quantitative estimate of drug-likeness (QED) is 0.741. The van der Waals surface area contributed by atoms with Crippen molar-refractivity contribution in [2.24, 2.45) is 0 Å². The second-order valence-corrected chi connectivity index (χ2v) is 10.4. The van der Waals surface area contributed by atoms with Crippen LogP contribution >= 0.6 is 11.8 Å². The zero-order valence-electron chi connectivity index (χ0n) is 13.6. The molecule has 0 aromatic heterocycles. The summed E-state index contributed by atoms with van der Waals surface area (Å²) in [5.41, 5.74) is 0. The van der Waals surface area contributed by atoms with E-state index in [1.165, 1.54) is 12.8 Å². The molecule has 1 atom stereocenters. The number of carbonyl (C=O) groups excluding carboxylic acids is 1. The highest BCUT2D eigenvalue weighted by Gasteiger charge is 2.30. The summed E-state index contributed by atoms with van der Waals surface area (Å²) in [4.78, 5) is 14.3. The third-order valence-corrected chi connectivity index (χ3v) is 8.24. The number of carbonyl (C=O) groups is 1. The molecule has 2 rings (SSSR count). The Labute approximate surface area is 139 Å². The van der Waals surface area contributed by atoms with Gasteiger partial charge in [-0.25, -0.2) is 8.42 Å². The van der Waals surface area contributed by atoms with Crippen molar-refractivity contribution in [1.29, 1.82) is 0 Å². The maximum atomic E-state index is 12.4. The van der Waals surface area contributed by atoms with Crippen molar-refractivity contribution in [3.63, 3.8) is 0 Å². The first-order valence-electron chi connectivity index (χ1n) is 8.64. The molecule has 4 nitrogen and oxygen atoms in total. The summed E-state index contributed by atoms with van der Waals surface area (Å²) in [5.74, 6) is 1.15. The van der Waals surface area contributed by atoms with E-state index in [1.807, 2.05) is 16.7 Å². The van der Waals surface area contributed by atoms with Gasteiger partial charge in [-0.2, -0.15) is 11.8 Å². The Morgan fingerprint density at radius 3 is 2.50 bits per heavy atom. The Balaban J connectivity index is 1.85. The minimum Gasteiger partial charge on any atom is -0.342 e. The molecule has 0 radical (unpaired) electrons. The second-order valence-electron chi connectivity index (χ2n) is 6.44. The zero-order valence-corrected chi connectivity index (χ0v) is 15.3. The van der Waals surface area contributed by atoms with Crippen LogP contribution in [0.1, 0.15) is 58.3 Å². The third-order valence-electron chi connectivity index (χ3n) is 4.79. The normalized spacial score (nSPS) is 24.4. The molecular formula is C16H29NO3S2. The molecule has 128 valence electrons. The van der Waals surface area contributed by atoms with Crippen LogP contribution in [0.4, 0.5) is 0 Å². The lowest BCUT2D eigenvalue weighted by molar-refractivity contribution is -0.130. The van der Waals surface area contributed by atoms with Gasteiger partial charge in [-0.15, -0.1) is 0 Å². The summed E-state index contributed by atoms with van der Waals surface area (Å²) in [6, 6.07) is 0.